The maximum atomic E-state index is 13.1. The summed E-state index contributed by atoms with van der Waals surface area (Å²) >= 11 is 0. The fourth-order valence-electron chi connectivity index (χ4n) is 3.27. The Bertz CT molecular complexity index is 1270. The lowest BCUT2D eigenvalue weighted by molar-refractivity contribution is -0.117. The van der Waals surface area contributed by atoms with E-state index in [0.29, 0.717) is 23.5 Å². The van der Waals surface area contributed by atoms with Crippen LogP contribution in [0.1, 0.15) is 19.4 Å². The Balaban J connectivity index is 1.95. The van der Waals surface area contributed by atoms with Crippen molar-refractivity contribution in [3.05, 3.63) is 56.9 Å². The fraction of sp³-hybridized carbons (Fsp3) is 0.286. The van der Waals surface area contributed by atoms with Gasteiger partial charge in [0.2, 0.25) is 11.8 Å². The molecule has 0 saturated carbocycles. The van der Waals surface area contributed by atoms with Crippen LogP contribution in [0.15, 0.2) is 40.1 Å². The number of amides is 2. The molecule has 2 amide bonds. The number of nitrogens with zero attached hydrogens (tertiary/aromatic N) is 3. The van der Waals surface area contributed by atoms with Crippen molar-refractivity contribution in [2.75, 3.05) is 17.7 Å². The highest BCUT2D eigenvalue weighted by Gasteiger charge is 2.20. The largest absolute Gasteiger partial charge is 0.495 e. The molecule has 0 radical (unpaired) electrons. The molecule has 0 unspecified atom stereocenters. The fourth-order valence-corrected chi connectivity index (χ4v) is 3.27. The van der Waals surface area contributed by atoms with Crippen LogP contribution in [0.5, 0.6) is 5.75 Å². The first-order valence-electron chi connectivity index (χ1n) is 9.59. The van der Waals surface area contributed by atoms with Crippen molar-refractivity contribution in [3.8, 4) is 5.75 Å². The molecule has 0 saturated heterocycles. The molecule has 3 rings (SSSR count). The molecule has 0 spiro atoms. The second-order valence-electron chi connectivity index (χ2n) is 6.91. The third kappa shape index (κ3) is 4.32. The van der Waals surface area contributed by atoms with Gasteiger partial charge in [-0.3, -0.25) is 19.0 Å². The number of methoxy groups -OCH3 is 1. The number of carbonyl (C=O) groups is 2. The minimum absolute atomic E-state index is 0.149. The third-order valence-electron chi connectivity index (χ3n) is 4.76. The van der Waals surface area contributed by atoms with Crippen LogP contribution in [0.2, 0.25) is 0 Å². The zero-order valence-electron chi connectivity index (χ0n) is 17.7. The lowest BCUT2D eigenvalue weighted by atomic mass is 10.1. The van der Waals surface area contributed by atoms with Crippen LogP contribution in [-0.2, 0) is 29.6 Å². The molecular weight excluding hydrogens is 402 g/mol. The summed E-state index contributed by atoms with van der Waals surface area (Å²) in [6.45, 7) is 2.82. The van der Waals surface area contributed by atoms with E-state index in [9.17, 15) is 19.2 Å². The number of nitrogens with one attached hydrogen (secondary N) is 2. The first-order chi connectivity index (χ1) is 14.8. The van der Waals surface area contributed by atoms with Gasteiger partial charge in [0.05, 0.1) is 7.11 Å². The second kappa shape index (κ2) is 8.82. The van der Waals surface area contributed by atoms with Gasteiger partial charge in [-0.15, -0.1) is 0 Å². The molecule has 0 atom stereocenters. The van der Waals surface area contributed by atoms with Crippen LogP contribution in [0.3, 0.4) is 0 Å². The van der Waals surface area contributed by atoms with E-state index in [2.05, 4.69) is 15.6 Å². The normalized spacial score (nSPS) is 10.7. The molecule has 0 aliphatic rings. The van der Waals surface area contributed by atoms with Crippen LogP contribution in [0.25, 0.3) is 11.0 Å². The number of carbonyl (C=O) groups excluding carboxylic acids is 2. The van der Waals surface area contributed by atoms with Gasteiger partial charge in [-0.05, 0) is 30.7 Å². The van der Waals surface area contributed by atoms with E-state index in [0.717, 1.165) is 10.1 Å². The predicted octanol–water partition coefficient (Wildman–Crippen LogP) is 1.26. The molecule has 1 aromatic carbocycles. The number of anilines is 2. The molecule has 3 aromatic rings. The van der Waals surface area contributed by atoms with Gasteiger partial charge in [0.25, 0.3) is 5.56 Å². The van der Waals surface area contributed by atoms with E-state index < -0.39 is 23.7 Å². The van der Waals surface area contributed by atoms with Crippen molar-refractivity contribution in [1.29, 1.82) is 0 Å². The molecule has 162 valence electrons. The maximum Gasteiger partial charge on any atom is 0.332 e. The number of benzene rings is 1. The summed E-state index contributed by atoms with van der Waals surface area (Å²) in [7, 11) is 2.93. The SMILES string of the molecule is CCc1cnc2c(c1OC)c(=O)n(CC(=O)Nc1ccc(NC(C)=O)cc1)c(=O)n2C. The highest BCUT2D eigenvalue weighted by molar-refractivity contribution is 5.92. The van der Waals surface area contributed by atoms with E-state index in [4.69, 9.17) is 4.74 Å². The monoisotopic (exact) mass is 425 g/mol. The lowest BCUT2D eigenvalue weighted by Gasteiger charge is -2.14. The smallest absolute Gasteiger partial charge is 0.332 e. The average Bonchev–Trinajstić information content (AvgIpc) is 2.75. The summed E-state index contributed by atoms with van der Waals surface area (Å²) in [4.78, 5) is 53.7. The van der Waals surface area contributed by atoms with E-state index in [1.165, 1.54) is 25.6 Å². The van der Waals surface area contributed by atoms with Crippen molar-refractivity contribution >= 4 is 34.2 Å². The molecule has 2 N–H and O–H groups in total. The van der Waals surface area contributed by atoms with Crippen molar-refractivity contribution < 1.29 is 14.3 Å². The van der Waals surface area contributed by atoms with Crippen LogP contribution in [0.4, 0.5) is 11.4 Å². The van der Waals surface area contributed by atoms with E-state index >= 15 is 0 Å². The minimum Gasteiger partial charge on any atom is -0.495 e. The number of aromatic nitrogens is 3. The summed E-state index contributed by atoms with van der Waals surface area (Å²) in [5.74, 6) is -0.417. The van der Waals surface area contributed by atoms with E-state index in [1.54, 1.807) is 30.5 Å². The number of hydrogen-bond donors (Lipinski definition) is 2. The van der Waals surface area contributed by atoms with Gasteiger partial charge in [-0.2, -0.15) is 0 Å². The molecule has 31 heavy (non-hydrogen) atoms. The summed E-state index contributed by atoms with van der Waals surface area (Å²) in [6, 6.07) is 6.46. The quantitative estimate of drug-likeness (QED) is 0.613. The Kier molecular flexibility index (Phi) is 6.19. The molecule has 0 fully saturated rings. The Hall–Kier alpha value is -3.95. The minimum atomic E-state index is -0.660. The highest BCUT2D eigenvalue weighted by Crippen LogP contribution is 2.25. The molecule has 10 nitrogen and oxygen atoms in total. The molecule has 2 aromatic heterocycles. The number of rotatable bonds is 6. The van der Waals surface area contributed by atoms with E-state index in [-0.39, 0.29) is 16.9 Å². The lowest BCUT2D eigenvalue weighted by Crippen LogP contribution is -2.42. The van der Waals surface area contributed by atoms with Crippen LogP contribution < -0.4 is 26.6 Å². The zero-order valence-corrected chi connectivity index (χ0v) is 17.7. The van der Waals surface area contributed by atoms with Crippen LogP contribution >= 0.6 is 0 Å². The number of pyridine rings is 1. The first kappa shape index (κ1) is 21.8. The average molecular weight is 425 g/mol. The predicted molar refractivity (Wildman–Crippen MR) is 117 cm³/mol. The number of aryl methyl sites for hydroxylation is 2. The second-order valence-corrected chi connectivity index (χ2v) is 6.91. The van der Waals surface area contributed by atoms with Crippen molar-refractivity contribution in [2.45, 2.75) is 26.8 Å². The van der Waals surface area contributed by atoms with Gasteiger partial charge < -0.3 is 15.4 Å². The molecular formula is C21H23N5O5. The summed E-state index contributed by atoms with van der Waals surface area (Å²) in [5, 5.41) is 5.41. The molecule has 0 bridgehead atoms. The molecule has 0 aliphatic carbocycles. The molecule has 2 heterocycles. The van der Waals surface area contributed by atoms with Gasteiger partial charge in [-0.1, -0.05) is 6.92 Å². The zero-order chi connectivity index (χ0) is 22.7. The van der Waals surface area contributed by atoms with Gasteiger partial charge >= 0.3 is 5.69 Å². The Morgan fingerprint density at radius 1 is 1.10 bits per heavy atom. The first-order valence-corrected chi connectivity index (χ1v) is 9.59. The van der Waals surface area contributed by atoms with E-state index in [1.807, 2.05) is 6.92 Å². The number of fused-ring (bicyclic) bond motifs is 1. The third-order valence-corrected chi connectivity index (χ3v) is 4.76. The topological polar surface area (TPSA) is 124 Å². The van der Waals surface area contributed by atoms with Crippen molar-refractivity contribution in [1.82, 2.24) is 14.1 Å². The molecule has 10 heteroatoms. The maximum absolute atomic E-state index is 13.1. The van der Waals surface area contributed by atoms with Crippen molar-refractivity contribution in [2.24, 2.45) is 7.05 Å². The standard InChI is InChI=1S/C21H23N5O5/c1-5-13-10-22-19-17(18(13)31-4)20(29)26(21(30)25(19)3)11-16(28)24-15-8-6-14(7-9-15)23-12(2)27/h6-10H,5,11H2,1-4H3,(H,23,27)(H,24,28). The van der Waals surface area contributed by atoms with Gasteiger partial charge in [0.1, 0.15) is 17.7 Å². The van der Waals surface area contributed by atoms with Gasteiger partial charge in [0.15, 0.2) is 5.65 Å². The van der Waals surface area contributed by atoms with Crippen molar-refractivity contribution in [3.63, 3.8) is 0 Å². The summed E-state index contributed by atoms with van der Waals surface area (Å²) in [6.07, 6.45) is 2.16. The highest BCUT2D eigenvalue weighted by atomic mass is 16.5. The summed E-state index contributed by atoms with van der Waals surface area (Å²) in [5.41, 5.74) is 0.644. The van der Waals surface area contributed by atoms with Gasteiger partial charge in [-0.25, -0.2) is 14.3 Å². The number of ether oxygens (including phenoxy) is 1. The van der Waals surface area contributed by atoms with Gasteiger partial charge in [0, 0.05) is 37.1 Å². The van der Waals surface area contributed by atoms with Crippen LogP contribution in [0, 0.1) is 0 Å². The Morgan fingerprint density at radius 3 is 2.26 bits per heavy atom. The number of hydrogen-bond acceptors (Lipinski definition) is 6. The Morgan fingerprint density at radius 2 is 1.71 bits per heavy atom. The molecule has 0 aliphatic heterocycles. The summed E-state index contributed by atoms with van der Waals surface area (Å²) < 4.78 is 7.49. The Labute approximate surface area is 177 Å². The van der Waals surface area contributed by atoms with Crippen LogP contribution in [-0.4, -0.2) is 33.0 Å².